The molecule has 114 valence electrons. The third-order valence-electron chi connectivity index (χ3n) is 2.95. The number of aliphatic carboxylic acids is 1. The van der Waals surface area contributed by atoms with Crippen molar-refractivity contribution in [1.29, 1.82) is 0 Å². The number of benzene rings is 1. The molecular formula is C14H18N2O5. The van der Waals surface area contributed by atoms with Gasteiger partial charge in [0.15, 0.2) is 0 Å². The van der Waals surface area contributed by atoms with Crippen molar-refractivity contribution in [3.8, 4) is 0 Å². The van der Waals surface area contributed by atoms with Crippen LogP contribution in [0.1, 0.15) is 12.5 Å². The summed E-state index contributed by atoms with van der Waals surface area (Å²) in [7, 11) is 0. The zero-order valence-electron chi connectivity index (χ0n) is 11.6. The van der Waals surface area contributed by atoms with Crippen LogP contribution < -0.4 is 5.32 Å². The molecule has 0 saturated heterocycles. The second-order valence-corrected chi connectivity index (χ2v) is 4.68. The molecule has 0 radical (unpaired) electrons. The quantitative estimate of drug-likeness (QED) is 0.363. The lowest BCUT2D eigenvalue weighted by Gasteiger charge is -2.21. The van der Waals surface area contributed by atoms with Crippen LogP contribution >= 0.6 is 0 Å². The van der Waals surface area contributed by atoms with Crippen LogP contribution in [-0.2, 0) is 20.8 Å². The number of carboxylic acids is 1. The fraction of sp³-hybridized carbons (Fsp3) is 0.357. The maximum Gasteiger partial charge on any atom is 0.325 e. The summed E-state index contributed by atoms with van der Waals surface area (Å²) in [6, 6.07) is 8.02. The lowest BCUT2D eigenvalue weighted by molar-refractivity contribution is -0.155. The largest absolute Gasteiger partial charge is 0.480 e. The van der Waals surface area contributed by atoms with Crippen molar-refractivity contribution in [3.05, 3.63) is 35.9 Å². The molecule has 3 N–H and O–H groups in total. The van der Waals surface area contributed by atoms with Gasteiger partial charge in [-0.2, -0.15) is 0 Å². The number of hydrogen-bond donors (Lipinski definition) is 3. The van der Waals surface area contributed by atoms with E-state index in [4.69, 9.17) is 5.11 Å². The van der Waals surface area contributed by atoms with Gasteiger partial charge >= 0.3 is 5.97 Å². The number of hydrogen-bond acceptors (Lipinski definition) is 4. The van der Waals surface area contributed by atoms with E-state index in [0.29, 0.717) is 5.06 Å². The fourth-order valence-corrected chi connectivity index (χ4v) is 1.80. The maximum absolute atomic E-state index is 12.1. The van der Waals surface area contributed by atoms with E-state index in [-0.39, 0.29) is 19.4 Å². The van der Waals surface area contributed by atoms with Gasteiger partial charge in [-0.05, 0) is 18.9 Å². The van der Waals surface area contributed by atoms with Gasteiger partial charge in [-0.15, -0.1) is 0 Å². The average Bonchev–Trinajstić information content (AvgIpc) is 2.47. The Bertz CT molecular complexity index is 491. The highest BCUT2D eigenvalue weighted by atomic mass is 16.5. The van der Waals surface area contributed by atoms with Crippen LogP contribution in [0.5, 0.6) is 0 Å². The third-order valence-corrected chi connectivity index (χ3v) is 2.95. The molecule has 0 saturated carbocycles. The van der Waals surface area contributed by atoms with Crippen LogP contribution in [-0.4, -0.2) is 46.3 Å². The Balaban J connectivity index is 2.78. The molecule has 0 heterocycles. The minimum absolute atomic E-state index is 0.200. The maximum atomic E-state index is 12.1. The Labute approximate surface area is 122 Å². The van der Waals surface area contributed by atoms with Crippen LogP contribution in [0.15, 0.2) is 30.3 Å². The summed E-state index contributed by atoms with van der Waals surface area (Å²) >= 11 is 0. The van der Waals surface area contributed by atoms with E-state index in [2.05, 4.69) is 5.32 Å². The summed E-state index contributed by atoms with van der Waals surface area (Å²) in [6.45, 7) is 1.13. The number of hydroxylamine groups is 2. The summed E-state index contributed by atoms with van der Waals surface area (Å²) in [6.07, 6.45) is 0.482. The van der Waals surface area contributed by atoms with Crippen LogP contribution in [0, 0.1) is 5.92 Å². The Morgan fingerprint density at radius 1 is 1.33 bits per heavy atom. The van der Waals surface area contributed by atoms with Gasteiger partial charge < -0.3 is 10.4 Å². The molecule has 0 aliphatic rings. The summed E-state index contributed by atoms with van der Waals surface area (Å²) in [5, 5.41) is 20.8. The van der Waals surface area contributed by atoms with E-state index in [1.165, 1.54) is 6.92 Å². The molecule has 1 rings (SSSR count). The normalized spacial score (nSPS) is 13.0. The standard InChI is InChI=1S/C14H18N2O5/c1-10(14(19)20)15-13(18)12(8-16(21)9-17)7-11-5-3-2-4-6-11/h2-6,9-10,12,21H,7-8H2,1H3,(H,15,18)(H,19,20)/t10-,12?/m0/s1. The summed E-state index contributed by atoms with van der Waals surface area (Å²) in [5.41, 5.74) is 0.847. The number of amides is 2. The molecule has 1 aromatic carbocycles. The van der Waals surface area contributed by atoms with Gasteiger partial charge in [0, 0.05) is 0 Å². The van der Waals surface area contributed by atoms with E-state index in [0.717, 1.165) is 5.56 Å². The molecule has 1 unspecified atom stereocenters. The van der Waals surface area contributed by atoms with Gasteiger partial charge in [-0.25, -0.2) is 5.06 Å². The number of carboxylic acid groups (broad SMARTS) is 1. The molecule has 7 nitrogen and oxygen atoms in total. The van der Waals surface area contributed by atoms with Crippen molar-refractivity contribution in [3.63, 3.8) is 0 Å². The van der Waals surface area contributed by atoms with E-state index >= 15 is 0 Å². The fourth-order valence-electron chi connectivity index (χ4n) is 1.80. The van der Waals surface area contributed by atoms with Crippen LogP contribution in [0.3, 0.4) is 0 Å². The molecule has 0 bridgehead atoms. The number of nitrogens with zero attached hydrogens (tertiary/aromatic N) is 1. The molecule has 0 aromatic heterocycles. The van der Waals surface area contributed by atoms with E-state index in [1.807, 2.05) is 18.2 Å². The highest BCUT2D eigenvalue weighted by Crippen LogP contribution is 2.10. The summed E-state index contributed by atoms with van der Waals surface area (Å²) in [5.74, 6) is -2.43. The summed E-state index contributed by atoms with van der Waals surface area (Å²) in [4.78, 5) is 33.3. The average molecular weight is 294 g/mol. The first-order chi connectivity index (χ1) is 9.93. The van der Waals surface area contributed by atoms with Crippen LogP contribution in [0.25, 0.3) is 0 Å². The van der Waals surface area contributed by atoms with Crippen molar-refractivity contribution in [2.24, 2.45) is 5.92 Å². The molecule has 0 spiro atoms. The van der Waals surface area contributed by atoms with Crippen molar-refractivity contribution >= 4 is 18.3 Å². The van der Waals surface area contributed by atoms with E-state index < -0.39 is 23.8 Å². The number of nitrogens with one attached hydrogen (secondary N) is 1. The lowest BCUT2D eigenvalue weighted by atomic mass is 9.98. The molecule has 2 atom stereocenters. The minimum atomic E-state index is -1.15. The molecule has 1 aromatic rings. The van der Waals surface area contributed by atoms with Crippen molar-refractivity contribution in [2.75, 3.05) is 6.54 Å². The third kappa shape index (κ3) is 5.62. The Morgan fingerprint density at radius 2 is 1.95 bits per heavy atom. The van der Waals surface area contributed by atoms with Gasteiger partial charge in [0.25, 0.3) is 0 Å². The van der Waals surface area contributed by atoms with Gasteiger partial charge in [-0.3, -0.25) is 19.6 Å². The van der Waals surface area contributed by atoms with Gasteiger partial charge in [-0.1, -0.05) is 30.3 Å². The first-order valence-electron chi connectivity index (χ1n) is 6.42. The summed E-state index contributed by atoms with van der Waals surface area (Å²) < 4.78 is 0. The van der Waals surface area contributed by atoms with Crippen molar-refractivity contribution in [2.45, 2.75) is 19.4 Å². The lowest BCUT2D eigenvalue weighted by Crippen LogP contribution is -2.45. The van der Waals surface area contributed by atoms with Gasteiger partial charge in [0.2, 0.25) is 12.3 Å². The van der Waals surface area contributed by atoms with E-state index in [9.17, 15) is 19.6 Å². The molecule has 21 heavy (non-hydrogen) atoms. The SMILES string of the molecule is C[C@H](NC(=O)C(Cc1ccccc1)CN(O)C=O)C(=O)O. The highest BCUT2D eigenvalue weighted by Gasteiger charge is 2.24. The predicted octanol–water partition coefficient (Wildman–Crippen LogP) is 0.282. The molecule has 0 aliphatic heterocycles. The highest BCUT2D eigenvalue weighted by molar-refractivity contribution is 5.85. The van der Waals surface area contributed by atoms with Crippen molar-refractivity contribution < 1.29 is 24.7 Å². The Morgan fingerprint density at radius 3 is 2.48 bits per heavy atom. The Hall–Kier alpha value is -2.41. The number of carbonyl (C=O) groups is 3. The first-order valence-corrected chi connectivity index (χ1v) is 6.42. The Kier molecular flexibility index (Phi) is 6.35. The smallest absolute Gasteiger partial charge is 0.325 e. The van der Waals surface area contributed by atoms with Gasteiger partial charge in [0.05, 0.1) is 12.5 Å². The molecular weight excluding hydrogens is 276 g/mol. The number of rotatable bonds is 8. The van der Waals surface area contributed by atoms with Gasteiger partial charge in [0.1, 0.15) is 6.04 Å². The molecule has 0 fully saturated rings. The molecule has 7 heteroatoms. The zero-order chi connectivity index (χ0) is 15.8. The minimum Gasteiger partial charge on any atom is -0.480 e. The zero-order valence-corrected chi connectivity index (χ0v) is 11.6. The second kappa shape index (κ2) is 8.01. The monoisotopic (exact) mass is 294 g/mol. The first kappa shape index (κ1) is 16.6. The van der Waals surface area contributed by atoms with Crippen molar-refractivity contribution in [1.82, 2.24) is 10.4 Å². The molecule has 0 aliphatic carbocycles. The number of carbonyl (C=O) groups excluding carboxylic acids is 2. The topological polar surface area (TPSA) is 107 Å². The van der Waals surface area contributed by atoms with Crippen LogP contribution in [0.2, 0.25) is 0 Å². The molecule has 2 amide bonds. The second-order valence-electron chi connectivity index (χ2n) is 4.68. The van der Waals surface area contributed by atoms with Crippen LogP contribution in [0.4, 0.5) is 0 Å². The van der Waals surface area contributed by atoms with E-state index in [1.54, 1.807) is 12.1 Å². The predicted molar refractivity (Wildman–Crippen MR) is 73.4 cm³/mol.